The van der Waals surface area contributed by atoms with Crippen LogP contribution in [0.15, 0.2) is 0 Å². The number of hydrogen-bond acceptors (Lipinski definition) is 4. The molecule has 2 aliphatic carbocycles. The van der Waals surface area contributed by atoms with Crippen molar-refractivity contribution < 1.29 is 0 Å². The molecule has 0 spiro atoms. The van der Waals surface area contributed by atoms with Crippen LogP contribution in [0.25, 0.3) is 0 Å². The molecule has 0 aromatic heterocycles. The standard InChI is InChI=1S/C14H30N4/c15-8-9-1-3-10(4-2-9)14(18)12-7-11(16)5-6-13(12)17/h9-14H,1-8,15-18H2. The van der Waals surface area contributed by atoms with Crippen molar-refractivity contribution in [1.82, 2.24) is 0 Å². The predicted octanol–water partition coefficient (Wildman–Crippen LogP) is 0.534. The predicted molar refractivity (Wildman–Crippen MR) is 75.8 cm³/mol. The molecule has 4 nitrogen and oxygen atoms in total. The Labute approximate surface area is 111 Å². The molecule has 2 rings (SSSR count). The molecule has 0 saturated heterocycles. The summed E-state index contributed by atoms with van der Waals surface area (Å²) in [6.07, 6.45) is 8.04. The highest BCUT2D eigenvalue weighted by molar-refractivity contribution is 4.93. The van der Waals surface area contributed by atoms with Crippen molar-refractivity contribution in [2.24, 2.45) is 40.7 Å². The van der Waals surface area contributed by atoms with E-state index in [4.69, 9.17) is 22.9 Å². The van der Waals surface area contributed by atoms with Gasteiger partial charge in [-0.25, -0.2) is 0 Å². The minimum absolute atomic E-state index is 0.241. The van der Waals surface area contributed by atoms with Gasteiger partial charge in [-0.15, -0.1) is 0 Å². The summed E-state index contributed by atoms with van der Waals surface area (Å²) in [5.74, 6) is 1.78. The maximum atomic E-state index is 6.50. The van der Waals surface area contributed by atoms with Gasteiger partial charge in [0.1, 0.15) is 0 Å². The van der Waals surface area contributed by atoms with E-state index in [9.17, 15) is 0 Å². The molecular weight excluding hydrogens is 224 g/mol. The third-order valence-corrected chi connectivity index (χ3v) is 5.26. The van der Waals surface area contributed by atoms with Gasteiger partial charge >= 0.3 is 0 Å². The molecule has 0 aliphatic heterocycles. The molecule has 2 saturated carbocycles. The van der Waals surface area contributed by atoms with Crippen LogP contribution in [0, 0.1) is 17.8 Å². The summed E-state index contributed by atoms with van der Waals surface area (Å²) in [4.78, 5) is 0. The smallest absolute Gasteiger partial charge is 0.0111 e. The van der Waals surface area contributed by atoms with Crippen LogP contribution in [0.5, 0.6) is 0 Å². The molecule has 106 valence electrons. The quantitative estimate of drug-likeness (QED) is 0.590. The molecule has 4 unspecified atom stereocenters. The lowest BCUT2D eigenvalue weighted by Gasteiger charge is -2.41. The first kappa shape index (κ1) is 14.3. The average Bonchev–Trinajstić information content (AvgIpc) is 2.41. The van der Waals surface area contributed by atoms with Crippen molar-refractivity contribution in [3.63, 3.8) is 0 Å². The normalized spacial score (nSPS) is 43.7. The summed E-state index contributed by atoms with van der Waals surface area (Å²) in [6.45, 7) is 0.829. The Kier molecular flexibility index (Phi) is 5.01. The molecule has 0 heterocycles. The fourth-order valence-corrected chi connectivity index (χ4v) is 3.86. The fourth-order valence-electron chi connectivity index (χ4n) is 3.86. The number of hydrogen-bond donors (Lipinski definition) is 4. The van der Waals surface area contributed by atoms with E-state index in [1.165, 1.54) is 25.7 Å². The van der Waals surface area contributed by atoms with Gasteiger partial charge < -0.3 is 22.9 Å². The minimum Gasteiger partial charge on any atom is -0.330 e. The van der Waals surface area contributed by atoms with Gasteiger partial charge in [0.05, 0.1) is 0 Å². The van der Waals surface area contributed by atoms with E-state index in [1.54, 1.807) is 0 Å². The van der Waals surface area contributed by atoms with Gasteiger partial charge in [0, 0.05) is 18.1 Å². The molecule has 18 heavy (non-hydrogen) atoms. The Morgan fingerprint density at radius 1 is 0.944 bits per heavy atom. The molecule has 2 fully saturated rings. The molecule has 0 aromatic carbocycles. The summed E-state index contributed by atoms with van der Waals surface area (Å²) in [5.41, 5.74) is 24.6. The number of nitrogens with two attached hydrogens (primary N) is 4. The first-order valence-corrected chi connectivity index (χ1v) is 7.58. The molecule has 4 heteroatoms. The maximum absolute atomic E-state index is 6.50. The van der Waals surface area contributed by atoms with E-state index >= 15 is 0 Å². The number of rotatable bonds is 3. The Balaban J connectivity index is 1.88. The second kappa shape index (κ2) is 6.33. The summed E-state index contributed by atoms with van der Waals surface area (Å²) in [6, 6.07) is 0.804. The largest absolute Gasteiger partial charge is 0.330 e. The monoisotopic (exact) mass is 254 g/mol. The molecule has 2 aliphatic rings. The third-order valence-electron chi connectivity index (χ3n) is 5.26. The molecule has 0 radical (unpaired) electrons. The highest BCUT2D eigenvalue weighted by Crippen LogP contribution is 2.35. The van der Waals surface area contributed by atoms with Gasteiger partial charge in [-0.3, -0.25) is 0 Å². The fraction of sp³-hybridized carbons (Fsp3) is 1.00. The van der Waals surface area contributed by atoms with Crippen LogP contribution in [0.3, 0.4) is 0 Å². The van der Waals surface area contributed by atoms with E-state index in [1.807, 2.05) is 0 Å². The van der Waals surface area contributed by atoms with Crippen molar-refractivity contribution in [3.05, 3.63) is 0 Å². The van der Waals surface area contributed by atoms with Crippen molar-refractivity contribution >= 4 is 0 Å². The molecule has 0 aromatic rings. The zero-order valence-corrected chi connectivity index (χ0v) is 11.4. The Hall–Kier alpha value is -0.160. The van der Waals surface area contributed by atoms with Gasteiger partial charge in [0.2, 0.25) is 0 Å². The lowest BCUT2D eigenvalue weighted by atomic mass is 9.70. The van der Waals surface area contributed by atoms with Gasteiger partial charge in [0.15, 0.2) is 0 Å². The van der Waals surface area contributed by atoms with E-state index < -0.39 is 0 Å². The van der Waals surface area contributed by atoms with Crippen LogP contribution < -0.4 is 22.9 Å². The highest BCUT2D eigenvalue weighted by Gasteiger charge is 2.35. The van der Waals surface area contributed by atoms with Crippen molar-refractivity contribution in [1.29, 1.82) is 0 Å². The van der Waals surface area contributed by atoms with Gasteiger partial charge in [0.25, 0.3) is 0 Å². The van der Waals surface area contributed by atoms with Gasteiger partial charge in [-0.05, 0) is 69.2 Å². The van der Waals surface area contributed by atoms with Crippen LogP contribution in [-0.2, 0) is 0 Å². The Morgan fingerprint density at radius 2 is 1.61 bits per heavy atom. The third kappa shape index (κ3) is 3.23. The molecule has 0 bridgehead atoms. The van der Waals surface area contributed by atoms with Crippen molar-refractivity contribution in [2.45, 2.75) is 63.1 Å². The first-order valence-electron chi connectivity index (χ1n) is 7.58. The average molecular weight is 254 g/mol. The molecular formula is C14H30N4. The zero-order valence-electron chi connectivity index (χ0n) is 11.4. The summed E-state index contributed by atoms with van der Waals surface area (Å²) in [5, 5.41) is 0. The maximum Gasteiger partial charge on any atom is 0.0111 e. The topological polar surface area (TPSA) is 104 Å². The van der Waals surface area contributed by atoms with E-state index in [0.29, 0.717) is 17.9 Å². The second-order valence-electron chi connectivity index (χ2n) is 6.49. The van der Waals surface area contributed by atoms with Crippen molar-refractivity contribution in [2.75, 3.05) is 6.54 Å². The Morgan fingerprint density at radius 3 is 2.22 bits per heavy atom. The zero-order chi connectivity index (χ0) is 13.1. The minimum atomic E-state index is 0.241. The van der Waals surface area contributed by atoms with E-state index in [0.717, 1.165) is 31.7 Å². The van der Waals surface area contributed by atoms with Crippen molar-refractivity contribution in [3.8, 4) is 0 Å². The van der Waals surface area contributed by atoms with Crippen LogP contribution in [0.2, 0.25) is 0 Å². The van der Waals surface area contributed by atoms with Crippen LogP contribution in [0.4, 0.5) is 0 Å². The van der Waals surface area contributed by atoms with E-state index in [-0.39, 0.29) is 12.1 Å². The second-order valence-corrected chi connectivity index (χ2v) is 6.49. The van der Waals surface area contributed by atoms with Crippen LogP contribution in [-0.4, -0.2) is 24.7 Å². The first-order chi connectivity index (χ1) is 8.61. The molecule has 0 amide bonds. The van der Waals surface area contributed by atoms with E-state index in [2.05, 4.69) is 0 Å². The molecule has 4 atom stereocenters. The van der Waals surface area contributed by atoms with Gasteiger partial charge in [-0.2, -0.15) is 0 Å². The summed E-state index contributed by atoms with van der Waals surface area (Å²) in [7, 11) is 0. The summed E-state index contributed by atoms with van der Waals surface area (Å²) >= 11 is 0. The molecule has 8 N–H and O–H groups in total. The highest BCUT2D eigenvalue weighted by atomic mass is 14.8. The lowest BCUT2D eigenvalue weighted by molar-refractivity contribution is 0.158. The Bertz CT molecular complexity index is 250. The SMILES string of the molecule is NCC1CCC(C(N)C2CC(N)CCC2N)CC1. The van der Waals surface area contributed by atoms with Gasteiger partial charge in [-0.1, -0.05) is 0 Å². The van der Waals surface area contributed by atoms with Crippen LogP contribution >= 0.6 is 0 Å². The lowest BCUT2D eigenvalue weighted by Crippen LogP contribution is -2.52. The summed E-state index contributed by atoms with van der Waals surface area (Å²) < 4.78 is 0. The van der Waals surface area contributed by atoms with Crippen LogP contribution in [0.1, 0.15) is 44.9 Å².